The Balaban J connectivity index is 4.50. The maximum absolute atomic E-state index is 12.7. The molecule has 0 aromatic carbocycles. The molecular weight excluding hydrogens is 741 g/mol. The van der Waals surface area contributed by atoms with E-state index in [1.165, 1.54) is 96.3 Å². The molecule has 0 bridgehead atoms. The second-order valence-corrected chi connectivity index (χ2v) is 17.7. The van der Waals surface area contributed by atoms with Crippen LogP contribution in [0, 0.1) is 0 Å². The van der Waals surface area contributed by atoms with E-state index in [2.05, 4.69) is 19.9 Å². The third-order valence-corrected chi connectivity index (χ3v) is 10.4. The number of phosphoric acid groups is 1. The number of hydrogen-bond acceptors (Lipinski definition) is 8. The van der Waals surface area contributed by atoms with E-state index in [1.807, 2.05) is 57.6 Å². The Bertz CT molecular complexity index is 1130. The molecule has 0 heterocycles. The summed E-state index contributed by atoms with van der Waals surface area (Å²) in [7, 11) is 1.40. The predicted octanol–water partition coefficient (Wildman–Crippen LogP) is 11.7. The highest BCUT2D eigenvalue weighted by molar-refractivity contribution is 7.47. The summed E-state index contributed by atoms with van der Waals surface area (Å²) >= 11 is 0. The first-order chi connectivity index (χ1) is 27.4. The van der Waals surface area contributed by atoms with E-state index in [0.717, 1.165) is 32.1 Å². The van der Waals surface area contributed by atoms with Crippen LogP contribution in [0.25, 0.3) is 0 Å². The van der Waals surface area contributed by atoms with Crippen molar-refractivity contribution in [3.05, 3.63) is 48.6 Å². The Morgan fingerprint density at radius 1 is 0.632 bits per heavy atom. The maximum Gasteiger partial charge on any atom is 0.472 e. The van der Waals surface area contributed by atoms with Crippen molar-refractivity contribution < 1.29 is 47.2 Å². The van der Waals surface area contributed by atoms with Gasteiger partial charge in [-0.2, -0.15) is 0 Å². The first kappa shape index (κ1) is 54.9. The van der Waals surface area contributed by atoms with Crippen molar-refractivity contribution in [1.29, 1.82) is 0 Å². The van der Waals surface area contributed by atoms with Crippen molar-refractivity contribution in [2.24, 2.45) is 0 Å². The average molecular weight is 827 g/mol. The summed E-state index contributed by atoms with van der Waals surface area (Å²) in [6.07, 6.45) is 40.4. The lowest BCUT2D eigenvalue weighted by Crippen LogP contribution is -2.37. The van der Waals surface area contributed by atoms with E-state index in [1.54, 1.807) is 6.08 Å². The van der Waals surface area contributed by atoms with Gasteiger partial charge < -0.3 is 24.0 Å². The molecule has 1 unspecified atom stereocenters. The van der Waals surface area contributed by atoms with Crippen molar-refractivity contribution in [3.63, 3.8) is 0 Å². The van der Waals surface area contributed by atoms with Gasteiger partial charge in [0.25, 0.3) is 0 Å². The predicted molar refractivity (Wildman–Crippen MR) is 235 cm³/mol. The SMILES string of the molecule is CCCCC/C=C\C=C/[C@H](O)C/C=C\C/C=C/CCCC(=O)O[C@H](COC(=O)CCCCCCCCCCCCCCCCC)COP(=O)(O)OCC[N+](C)(C)C. The molecule has 0 saturated carbocycles. The Kier molecular flexibility index (Phi) is 36.8. The molecule has 3 atom stereocenters. The minimum absolute atomic E-state index is 0.00963. The zero-order chi connectivity index (χ0) is 42.3. The third-order valence-electron chi connectivity index (χ3n) is 9.44. The van der Waals surface area contributed by atoms with E-state index in [4.69, 9.17) is 18.5 Å². The van der Waals surface area contributed by atoms with Crippen LogP contribution in [0.15, 0.2) is 48.6 Å². The normalized spacial score (nSPS) is 14.6. The van der Waals surface area contributed by atoms with Crippen molar-refractivity contribution >= 4 is 19.8 Å². The zero-order valence-electron chi connectivity index (χ0n) is 36.9. The van der Waals surface area contributed by atoms with E-state index >= 15 is 0 Å². The number of unbranched alkanes of at least 4 members (excludes halogenated alkanes) is 18. The highest BCUT2D eigenvalue weighted by Gasteiger charge is 2.27. The number of carbonyl (C=O) groups excluding carboxylic acids is 2. The second kappa shape index (κ2) is 38.2. The van der Waals surface area contributed by atoms with Crippen LogP contribution in [0.1, 0.15) is 174 Å². The molecule has 0 fully saturated rings. The molecule has 0 rings (SSSR count). The molecule has 10 nitrogen and oxygen atoms in total. The molecule has 0 aliphatic carbocycles. The molecule has 0 saturated heterocycles. The number of phosphoric ester groups is 1. The van der Waals surface area contributed by atoms with Crippen LogP contribution in [-0.2, 0) is 32.7 Å². The van der Waals surface area contributed by atoms with Gasteiger partial charge in [-0.05, 0) is 44.9 Å². The summed E-state index contributed by atoms with van der Waals surface area (Å²) in [6.45, 7) is 4.24. The van der Waals surface area contributed by atoms with Crippen LogP contribution in [0.2, 0.25) is 0 Å². The highest BCUT2D eigenvalue weighted by Crippen LogP contribution is 2.43. The Morgan fingerprint density at radius 3 is 1.79 bits per heavy atom. The number of likely N-dealkylation sites (N-methyl/N-ethyl adjacent to an activating group) is 1. The zero-order valence-corrected chi connectivity index (χ0v) is 37.8. The third kappa shape index (κ3) is 41.9. The minimum Gasteiger partial charge on any atom is -0.462 e. The summed E-state index contributed by atoms with van der Waals surface area (Å²) in [5.41, 5.74) is 0. The second-order valence-electron chi connectivity index (χ2n) is 16.3. The largest absolute Gasteiger partial charge is 0.472 e. The number of hydrogen-bond donors (Lipinski definition) is 2. The Morgan fingerprint density at radius 2 is 1.18 bits per heavy atom. The number of rotatable bonds is 40. The van der Waals surface area contributed by atoms with Crippen molar-refractivity contribution in [2.75, 3.05) is 47.5 Å². The fraction of sp³-hybridized carbons (Fsp3) is 0.783. The molecule has 0 aliphatic rings. The fourth-order valence-corrected chi connectivity index (χ4v) is 6.59. The number of quaternary nitrogens is 1. The van der Waals surface area contributed by atoms with Crippen LogP contribution in [0.5, 0.6) is 0 Å². The smallest absolute Gasteiger partial charge is 0.462 e. The van der Waals surface area contributed by atoms with Gasteiger partial charge in [0.05, 0.1) is 33.9 Å². The highest BCUT2D eigenvalue weighted by atomic mass is 31.2. The number of aliphatic hydroxyl groups excluding tert-OH is 1. The number of ether oxygens (including phenoxy) is 2. The molecule has 2 N–H and O–H groups in total. The van der Waals surface area contributed by atoms with Gasteiger partial charge >= 0.3 is 19.8 Å². The lowest BCUT2D eigenvalue weighted by atomic mass is 10.0. The van der Waals surface area contributed by atoms with E-state index < -0.39 is 38.6 Å². The standard InChI is InChI=1S/C46H84NO9P/c1-6-8-10-12-14-15-16-17-18-19-20-21-25-29-33-37-45(49)53-41-44(42-55-57(51,52)54-40-39-47(3,4)5)56-46(50)38-34-30-26-22-24-28-32-36-43(48)35-31-27-23-13-11-9-7-2/h22-23,26-28,31-32,35,43-44,48H,6-21,24-25,29-30,33-34,36-42H2,1-5H3/p+1/b26-22+,27-23-,32-28-,35-31-/t43-,44+/m0/s1. The Hall–Kier alpha value is -2.07. The molecule has 0 amide bonds. The number of nitrogens with zero attached hydrogens (tertiary/aromatic N) is 1. The first-order valence-electron chi connectivity index (χ1n) is 22.5. The van der Waals surface area contributed by atoms with Gasteiger partial charge in [0.1, 0.15) is 19.8 Å². The molecule has 57 heavy (non-hydrogen) atoms. The minimum atomic E-state index is -4.41. The lowest BCUT2D eigenvalue weighted by molar-refractivity contribution is -0.870. The quantitative estimate of drug-likeness (QED) is 0.0155. The van der Waals surface area contributed by atoms with E-state index in [-0.39, 0.29) is 26.1 Å². The molecule has 0 aromatic heterocycles. The van der Waals surface area contributed by atoms with Gasteiger partial charge in [-0.1, -0.05) is 165 Å². The molecule has 0 spiro atoms. The van der Waals surface area contributed by atoms with Crippen LogP contribution in [0.4, 0.5) is 0 Å². The molecule has 332 valence electrons. The summed E-state index contributed by atoms with van der Waals surface area (Å²) < 4.78 is 34.2. The number of allylic oxidation sites excluding steroid dienone is 6. The Labute approximate surface area is 348 Å². The lowest BCUT2D eigenvalue weighted by Gasteiger charge is -2.24. The van der Waals surface area contributed by atoms with E-state index in [9.17, 15) is 24.2 Å². The van der Waals surface area contributed by atoms with Crippen molar-refractivity contribution in [1.82, 2.24) is 0 Å². The first-order valence-corrected chi connectivity index (χ1v) is 24.0. The van der Waals surface area contributed by atoms with Gasteiger partial charge in [-0.3, -0.25) is 18.6 Å². The summed E-state index contributed by atoms with van der Waals surface area (Å²) in [6, 6.07) is 0. The molecular formula is C46H85NO9P+. The number of esters is 2. The van der Waals surface area contributed by atoms with E-state index in [0.29, 0.717) is 30.3 Å². The number of aliphatic hydroxyl groups is 1. The van der Waals surface area contributed by atoms with Gasteiger partial charge in [0.15, 0.2) is 6.10 Å². The topological polar surface area (TPSA) is 129 Å². The molecule has 11 heteroatoms. The fourth-order valence-electron chi connectivity index (χ4n) is 5.85. The average Bonchev–Trinajstić information content (AvgIpc) is 3.15. The van der Waals surface area contributed by atoms with Crippen LogP contribution < -0.4 is 0 Å². The summed E-state index contributed by atoms with van der Waals surface area (Å²) in [4.78, 5) is 35.4. The van der Waals surface area contributed by atoms with Gasteiger partial charge in [0.2, 0.25) is 0 Å². The van der Waals surface area contributed by atoms with Gasteiger partial charge in [0, 0.05) is 12.8 Å². The van der Waals surface area contributed by atoms with Gasteiger partial charge in [-0.25, -0.2) is 4.57 Å². The molecule has 0 aromatic rings. The summed E-state index contributed by atoms with van der Waals surface area (Å²) in [5, 5.41) is 10.1. The van der Waals surface area contributed by atoms with Crippen LogP contribution >= 0.6 is 7.82 Å². The van der Waals surface area contributed by atoms with Crippen LogP contribution in [0.3, 0.4) is 0 Å². The van der Waals surface area contributed by atoms with Crippen molar-refractivity contribution in [3.8, 4) is 0 Å². The molecule has 0 aliphatic heterocycles. The van der Waals surface area contributed by atoms with Crippen molar-refractivity contribution in [2.45, 2.75) is 187 Å². The van der Waals surface area contributed by atoms with Crippen LogP contribution in [-0.4, -0.2) is 86.1 Å². The number of carbonyl (C=O) groups is 2. The monoisotopic (exact) mass is 827 g/mol. The maximum atomic E-state index is 12.7. The summed E-state index contributed by atoms with van der Waals surface area (Å²) in [5.74, 6) is -0.903. The molecule has 0 radical (unpaired) electrons. The van der Waals surface area contributed by atoms with Gasteiger partial charge in [-0.15, -0.1) is 0 Å².